The van der Waals surface area contributed by atoms with Crippen LogP contribution < -0.4 is 20.9 Å². The van der Waals surface area contributed by atoms with E-state index in [9.17, 15) is 37.1 Å². The van der Waals surface area contributed by atoms with Crippen LogP contribution in [-0.2, 0) is 17.5 Å². The molecule has 0 fully saturated rings. The fraction of sp³-hybridized carbons (Fsp3) is 0.292. The number of esters is 1. The van der Waals surface area contributed by atoms with E-state index in [1.54, 1.807) is 6.92 Å². The number of nitrogens with zero attached hydrogens (tertiary/aromatic N) is 3. The average molecular weight is 523 g/mol. The van der Waals surface area contributed by atoms with Gasteiger partial charge in [-0.15, -0.1) is 0 Å². The molecule has 2 heterocycles. The largest absolute Gasteiger partial charge is 0.462 e. The van der Waals surface area contributed by atoms with Crippen molar-refractivity contribution in [2.75, 3.05) is 18.1 Å². The summed E-state index contributed by atoms with van der Waals surface area (Å²) in [6, 6.07) is 6.90. The molecule has 1 aromatic heterocycles. The number of carbonyl (C=O) groups excluding carboxylic acids is 1. The van der Waals surface area contributed by atoms with Gasteiger partial charge < -0.3 is 19.5 Å². The minimum Gasteiger partial charge on any atom is -0.462 e. The smallest absolute Gasteiger partial charge is 0.419 e. The number of aliphatic hydroxyl groups is 1. The molecule has 1 aliphatic heterocycles. The van der Waals surface area contributed by atoms with Gasteiger partial charge in [0.25, 0.3) is 12.0 Å². The molecule has 2 aromatic carbocycles. The zero-order valence-electron chi connectivity index (χ0n) is 19.6. The number of hydrogen-bond acceptors (Lipinski definition) is 7. The lowest BCUT2D eigenvalue weighted by atomic mass is 10.1. The van der Waals surface area contributed by atoms with Crippen LogP contribution >= 0.6 is 0 Å². The molecule has 1 atom stereocenters. The van der Waals surface area contributed by atoms with E-state index in [1.807, 2.05) is 0 Å². The molecule has 4 rings (SSSR count). The van der Waals surface area contributed by atoms with Crippen LogP contribution in [0.3, 0.4) is 0 Å². The summed E-state index contributed by atoms with van der Waals surface area (Å²) in [5.41, 5.74) is -4.64. The van der Waals surface area contributed by atoms with Gasteiger partial charge in [0.2, 0.25) is 0 Å². The highest BCUT2D eigenvalue weighted by atomic mass is 19.4. The monoisotopic (exact) mass is 523 g/mol. The predicted molar refractivity (Wildman–Crippen MR) is 122 cm³/mol. The van der Waals surface area contributed by atoms with Crippen molar-refractivity contribution in [3.05, 3.63) is 85.9 Å². The Kier molecular flexibility index (Phi) is 6.82. The van der Waals surface area contributed by atoms with E-state index < -0.39 is 58.9 Å². The summed E-state index contributed by atoms with van der Waals surface area (Å²) < 4.78 is 66.3. The number of benzene rings is 2. The van der Waals surface area contributed by atoms with Gasteiger partial charge >= 0.3 is 17.8 Å². The van der Waals surface area contributed by atoms with Gasteiger partial charge in [-0.2, -0.15) is 13.2 Å². The summed E-state index contributed by atoms with van der Waals surface area (Å²) >= 11 is 0. The van der Waals surface area contributed by atoms with Gasteiger partial charge in [0.05, 0.1) is 30.1 Å². The van der Waals surface area contributed by atoms with Gasteiger partial charge in [-0.1, -0.05) is 12.1 Å². The van der Waals surface area contributed by atoms with Crippen LogP contribution in [0.25, 0.3) is 5.69 Å². The number of halogens is 4. The van der Waals surface area contributed by atoms with Crippen LogP contribution in [0.5, 0.6) is 5.75 Å². The van der Waals surface area contributed by atoms with Crippen molar-refractivity contribution in [1.29, 1.82) is 0 Å². The molecule has 0 aliphatic carbocycles. The summed E-state index contributed by atoms with van der Waals surface area (Å²) in [5, 5.41) is 10.1. The first-order valence-corrected chi connectivity index (χ1v) is 11.1. The Hall–Kier alpha value is -4.13. The number of ether oxygens (including phenoxy) is 2. The first-order valence-electron chi connectivity index (χ1n) is 11.1. The molecule has 9 nitrogen and oxygen atoms in total. The first kappa shape index (κ1) is 25.9. The summed E-state index contributed by atoms with van der Waals surface area (Å²) in [6.45, 7) is 2.58. The van der Waals surface area contributed by atoms with E-state index in [4.69, 9.17) is 9.47 Å². The second-order valence-corrected chi connectivity index (χ2v) is 7.96. The number of aromatic nitrogens is 2. The molecule has 0 amide bonds. The van der Waals surface area contributed by atoms with E-state index in [-0.39, 0.29) is 18.0 Å². The molecule has 1 N–H and O–H groups in total. The maximum Gasteiger partial charge on any atom is 0.419 e. The van der Waals surface area contributed by atoms with Crippen LogP contribution in [0.1, 0.15) is 35.3 Å². The van der Waals surface area contributed by atoms with Crippen molar-refractivity contribution in [1.82, 2.24) is 9.13 Å². The topological polar surface area (TPSA) is 103 Å². The fourth-order valence-corrected chi connectivity index (χ4v) is 4.07. The van der Waals surface area contributed by atoms with Gasteiger partial charge in [-0.3, -0.25) is 13.9 Å². The molecule has 0 spiro atoms. The van der Waals surface area contributed by atoms with Crippen LogP contribution in [0, 0.1) is 5.82 Å². The molecular formula is C24H21F4N3O6. The number of alkyl halides is 3. The number of rotatable bonds is 6. The van der Waals surface area contributed by atoms with Crippen molar-refractivity contribution in [3.8, 4) is 11.4 Å². The molecule has 0 radical (unpaired) electrons. The normalized spacial score (nSPS) is 14.9. The zero-order chi connectivity index (χ0) is 27.1. The van der Waals surface area contributed by atoms with E-state index in [0.717, 1.165) is 22.9 Å². The highest BCUT2D eigenvalue weighted by molar-refractivity contribution is 5.88. The Bertz CT molecular complexity index is 1480. The number of hydrogen-bond donors (Lipinski definition) is 1. The van der Waals surface area contributed by atoms with Crippen LogP contribution in [0.4, 0.5) is 23.2 Å². The van der Waals surface area contributed by atoms with Gasteiger partial charge in [0.1, 0.15) is 11.4 Å². The SMILES string of the molecule is CCOC(=O)c1cn(-c2ccc3c(c2)OC(O)N3CC)c(=O)n(Cc2cccc(F)c2C(F)(F)F)c1=O. The minimum absolute atomic E-state index is 0.0866. The molecule has 196 valence electrons. The lowest BCUT2D eigenvalue weighted by Crippen LogP contribution is -2.42. The Balaban J connectivity index is 1.92. The summed E-state index contributed by atoms with van der Waals surface area (Å²) in [4.78, 5) is 40.4. The molecule has 1 unspecified atom stereocenters. The standard InChI is InChI=1S/C24H21F4N3O6/c1-3-29-17-9-8-14(10-18(17)37-23(29)35)30-12-15(21(33)36-4-2)20(32)31(22(30)34)11-13-6-5-7-16(25)19(13)24(26,27)28/h5-10,12,23,35H,3-4,11H2,1-2H3. The van der Waals surface area contributed by atoms with Crippen molar-refractivity contribution in [2.45, 2.75) is 33.0 Å². The van der Waals surface area contributed by atoms with Gasteiger partial charge in [-0.25, -0.2) is 14.0 Å². The molecule has 1 aliphatic rings. The molecule has 3 aromatic rings. The quantitative estimate of drug-likeness (QED) is 0.392. The molecular weight excluding hydrogens is 502 g/mol. The van der Waals surface area contributed by atoms with Crippen molar-refractivity contribution >= 4 is 11.7 Å². The second-order valence-electron chi connectivity index (χ2n) is 7.96. The third-order valence-electron chi connectivity index (χ3n) is 5.75. The van der Waals surface area contributed by atoms with E-state index in [0.29, 0.717) is 22.9 Å². The van der Waals surface area contributed by atoms with Crippen molar-refractivity contribution < 1.29 is 36.9 Å². The Labute approximate surface area is 206 Å². The Morgan fingerprint density at radius 2 is 1.89 bits per heavy atom. The number of anilines is 1. The number of fused-ring (bicyclic) bond motifs is 1. The van der Waals surface area contributed by atoms with E-state index in [2.05, 4.69) is 0 Å². The number of carbonyl (C=O) groups is 1. The molecule has 37 heavy (non-hydrogen) atoms. The minimum atomic E-state index is -5.11. The lowest BCUT2D eigenvalue weighted by molar-refractivity contribution is -0.140. The highest BCUT2D eigenvalue weighted by Gasteiger charge is 2.37. The third kappa shape index (κ3) is 4.69. The Morgan fingerprint density at radius 1 is 1.16 bits per heavy atom. The Morgan fingerprint density at radius 3 is 2.54 bits per heavy atom. The summed E-state index contributed by atoms with van der Waals surface area (Å²) in [6.07, 6.45) is -5.46. The van der Waals surface area contributed by atoms with E-state index in [1.165, 1.54) is 30.0 Å². The molecule has 13 heteroatoms. The molecule has 0 saturated heterocycles. The maximum absolute atomic E-state index is 14.1. The molecule has 0 saturated carbocycles. The molecule has 0 bridgehead atoms. The fourth-order valence-electron chi connectivity index (χ4n) is 4.07. The third-order valence-corrected chi connectivity index (χ3v) is 5.75. The zero-order valence-corrected chi connectivity index (χ0v) is 19.6. The van der Waals surface area contributed by atoms with Crippen LogP contribution in [-0.4, -0.2) is 39.8 Å². The summed E-state index contributed by atoms with van der Waals surface area (Å²) in [7, 11) is 0. The van der Waals surface area contributed by atoms with Crippen molar-refractivity contribution in [3.63, 3.8) is 0 Å². The van der Waals surface area contributed by atoms with Gasteiger partial charge in [-0.05, 0) is 37.6 Å². The van der Waals surface area contributed by atoms with Crippen molar-refractivity contribution in [2.24, 2.45) is 0 Å². The second kappa shape index (κ2) is 9.73. The van der Waals surface area contributed by atoms with Gasteiger partial charge in [0, 0.05) is 18.8 Å². The van der Waals surface area contributed by atoms with Gasteiger partial charge in [0.15, 0.2) is 5.75 Å². The summed E-state index contributed by atoms with van der Waals surface area (Å²) in [5.74, 6) is -2.48. The van der Waals surface area contributed by atoms with Crippen LogP contribution in [0.2, 0.25) is 0 Å². The predicted octanol–water partition coefficient (Wildman–Crippen LogP) is 2.88. The number of aliphatic hydroxyl groups excluding tert-OH is 1. The maximum atomic E-state index is 14.1. The lowest BCUT2D eigenvalue weighted by Gasteiger charge is -2.18. The average Bonchev–Trinajstić information content (AvgIpc) is 3.15. The highest BCUT2D eigenvalue weighted by Crippen LogP contribution is 2.37. The van der Waals surface area contributed by atoms with E-state index >= 15 is 0 Å². The first-order chi connectivity index (χ1) is 17.5. The van der Waals surface area contributed by atoms with Crippen LogP contribution in [0.15, 0.2) is 52.2 Å².